The fourth-order valence-electron chi connectivity index (χ4n) is 3.80. The van der Waals surface area contributed by atoms with Crippen LogP contribution in [-0.4, -0.2) is 0 Å². The van der Waals surface area contributed by atoms with Gasteiger partial charge in [0.05, 0.1) is 0 Å². The fourth-order valence-corrected chi connectivity index (χ4v) is 3.80. The number of hydrogen-bond acceptors (Lipinski definition) is 0. The third-order valence-corrected chi connectivity index (χ3v) is 4.72. The van der Waals surface area contributed by atoms with Crippen LogP contribution in [0.3, 0.4) is 0 Å². The number of aryl methyl sites for hydroxylation is 1. The third-order valence-electron chi connectivity index (χ3n) is 4.72. The van der Waals surface area contributed by atoms with E-state index in [0.717, 1.165) is 0 Å². The third kappa shape index (κ3) is 1.30. The lowest BCUT2D eigenvalue weighted by molar-refractivity contribution is 1.55. The average molecular weight is 266 g/mol. The van der Waals surface area contributed by atoms with Crippen molar-refractivity contribution in [2.24, 2.45) is 0 Å². The summed E-state index contributed by atoms with van der Waals surface area (Å²) in [7, 11) is 0. The van der Waals surface area contributed by atoms with Gasteiger partial charge in [-0.2, -0.15) is 0 Å². The van der Waals surface area contributed by atoms with Gasteiger partial charge in [0, 0.05) is 0 Å². The SMILES string of the molecule is Cc1ccc2c3c(cc4ccccc4c13)-c1ccccc1-2. The Hall–Kier alpha value is -2.60. The molecular formula is C21H14. The summed E-state index contributed by atoms with van der Waals surface area (Å²) in [6, 6.07) is 24.4. The van der Waals surface area contributed by atoms with E-state index >= 15 is 0 Å². The van der Waals surface area contributed by atoms with Crippen LogP contribution in [0.25, 0.3) is 43.8 Å². The zero-order valence-electron chi connectivity index (χ0n) is 11.9. The normalized spacial score (nSPS) is 12.0. The molecule has 0 N–H and O–H groups in total. The largest absolute Gasteiger partial charge is 0.0616 e. The van der Waals surface area contributed by atoms with Gasteiger partial charge < -0.3 is 0 Å². The second kappa shape index (κ2) is 3.73. The predicted octanol–water partition coefficient (Wildman–Crippen LogP) is 5.95. The number of fused-ring (bicyclic) bond motifs is 5. The molecule has 0 amide bonds. The predicted molar refractivity (Wildman–Crippen MR) is 90.6 cm³/mol. The molecular weight excluding hydrogens is 252 g/mol. The number of rotatable bonds is 0. The van der Waals surface area contributed by atoms with Gasteiger partial charge in [-0.05, 0) is 62.4 Å². The molecule has 0 aliphatic heterocycles. The lowest BCUT2D eigenvalue weighted by atomic mass is 9.93. The van der Waals surface area contributed by atoms with Gasteiger partial charge in [0.15, 0.2) is 0 Å². The first kappa shape index (κ1) is 11.1. The van der Waals surface area contributed by atoms with Gasteiger partial charge >= 0.3 is 0 Å². The summed E-state index contributed by atoms with van der Waals surface area (Å²) in [4.78, 5) is 0. The van der Waals surface area contributed by atoms with Gasteiger partial charge in [-0.1, -0.05) is 60.7 Å². The van der Waals surface area contributed by atoms with Gasteiger partial charge in [0.1, 0.15) is 0 Å². The first-order chi connectivity index (χ1) is 10.3. The topological polar surface area (TPSA) is 0 Å². The Morgan fingerprint density at radius 1 is 0.571 bits per heavy atom. The Bertz CT molecular complexity index is 1040. The summed E-state index contributed by atoms with van der Waals surface area (Å²) < 4.78 is 0. The standard InChI is InChI=1S/C21H14/c1-13-10-11-18-16-8-4-5-9-17(16)19-12-14-6-2-3-7-15(14)20(13)21(18)19/h2-12H,1H3. The maximum absolute atomic E-state index is 2.35. The molecule has 1 aliphatic carbocycles. The van der Waals surface area contributed by atoms with Gasteiger partial charge in [0.25, 0.3) is 0 Å². The summed E-state index contributed by atoms with van der Waals surface area (Å²) in [6.07, 6.45) is 0. The number of hydrogen-bond donors (Lipinski definition) is 0. The first-order valence-corrected chi connectivity index (χ1v) is 7.39. The van der Waals surface area contributed by atoms with Crippen LogP contribution in [0.15, 0.2) is 66.7 Å². The number of benzene rings is 4. The summed E-state index contributed by atoms with van der Waals surface area (Å²) >= 11 is 0. The van der Waals surface area contributed by atoms with Crippen molar-refractivity contribution in [2.75, 3.05) is 0 Å². The van der Waals surface area contributed by atoms with E-state index < -0.39 is 0 Å². The highest BCUT2D eigenvalue weighted by Gasteiger charge is 2.22. The molecule has 0 saturated carbocycles. The smallest absolute Gasteiger partial charge is 0.00173 e. The van der Waals surface area contributed by atoms with Crippen LogP contribution in [0, 0.1) is 6.92 Å². The lowest BCUT2D eigenvalue weighted by Gasteiger charge is -2.10. The monoisotopic (exact) mass is 266 g/mol. The maximum atomic E-state index is 2.35. The van der Waals surface area contributed by atoms with Crippen molar-refractivity contribution >= 4 is 21.5 Å². The second-order valence-electron chi connectivity index (χ2n) is 5.87. The molecule has 0 radical (unpaired) electrons. The fraction of sp³-hybridized carbons (Fsp3) is 0.0476. The van der Waals surface area contributed by atoms with Crippen LogP contribution < -0.4 is 0 Å². The molecule has 0 unspecified atom stereocenters. The van der Waals surface area contributed by atoms with Crippen molar-refractivity contribution in [3.05, 3.63) is 72.3 Å². The highest BCUT2D eigenvalue weighted by Crippen LogP contribution is 2.49. The van der Waals surface area contributed by atoms with E-state index in [1.807, 2.05) is 0 Å². The van der Waals surface area contributed by atoms with Gasteiger partial charge in [-0.3, -0.25) is 0 Å². The minimum absolute atomic E-state index is 1.33. The molecule has 21 heavy (non-hydrogen) atoms. The van der Waals surface area contributed by atoms with Crippen LogP contribution in [0.4, 0.5) is 0 Å². The lowest BCUT2D eigenvalue weighted by Crippen LogP contribution is -1.84. The van der Waals surface area contributed by atoms with Crippen LogP contribution in [-0.2, 0) is 0 Å². The van der Waals surface area contributed by atoms with E-state index in [-0.39, 0.29) is 0 Å². The van der Waals surface area contributed by atoms with Crippen LogP contribution in [0.5, 0.6) is 0 Å². The molecule has 0 bridgehead atoms. The van der Waals surface area contributed by atoms with Gasteiger partial charge in [-0.15, -0.1) is 0 Å². The Kier molecular flexibility index (Phi) is 1.97. The minimum Gasteiger partial charge on any atom is -0.0616 e. The van der Waals surface area contributed by atoms with Crippen molar-refractivity contribution in [1.82, 2.24) is 0 Å². The minimum atomic E-state index is 1.33. The Balaban J connectivity index is 2.14. The summed E-state index contributed by atoms with van der Waals surface area (Å²) in [5, 5.41) is 5.53. The van der Waals surface area contributed by atoms with Crippen LogP contribution >= 0.6 is 0 Å². The van der Waals surface area contributed by atoms with E-state index in [2.05, 4.69) is 73.7 Å². The Morgan fingerprint density at radius 2 is 1.29 bits per heavy atom. The van der Waals surface area contributed by atoms with Crippen molar-refractivity contribution in [1.29, 1.82) is 0 Å². The molecule has 98 valence electrons. The molecule has 5 rings (SSSR count). The molecule has 0 atom stereocenters. The molecule has 0 spiro atoms. The van der Waals surface area contributed by atoms with Crippen LogP contribution in [0.1, 0.15) is 5.56 Å². The second-order valence-corrected chi connectivity index (χ2v) is 5.87. The highest BCUT2D eigenvalue weighted by molar-refractivity contribution is 6.24. The molecule has 0 heterocycles. The van der Waals surface area contributed by atoms with E-state index in [9.17, 15) is 0 Å². The van der Waals surface area contributed by atoms with Crippen LogP contribution in [0.2, 0.25) is 0 Å². The van der Waals surface area contributed by atoms with E-state index in [1.165, 1.54) is 49.4 Å². The van der Waals surface area contributed by atoms with Crippen molar-refractivity contribution < 1.29 is 0 Å². The molecule has 0 nitrogen and oxygen atoms in total. The summed E-state index contributed by atoms with van der Waals surface area (Å²) in [6.45, 7) is 2.22. The first-order valence-electron chi connectivity index (χ1n) is 7.39. The molecule has 1 aliphatic rings. The molecule has 0 aromatic heterocycles. The zero-order chi connectivity index (χ0) is 14.0. The molecule has 4 aromatic rings. The van der Waals surface area contributed by atoms with Crippen molar-refractivity contribution in [3.63, 3.8) is 0 Å². The Labute approximate surface area is 123 Å². The summed E-state index contributed by atoms with van der Waals surface area (Å²) in [5.74, 6) is 0. The summed E-state index contributed by atoms with van der Waals surface area (Å²) in [5.41, 5.74) is 6.87. The quantitative estimate of drug-likeness (QED) is 0.304. The van der Waals surface area contributed by atoms with Crippen molar-refractivity contribution in [2.45, 2.75) is 6.92 Å². The van der Waals surface area contributed by atoms with E-state index in [1.54, 1.807) is 0 Å². The zero-order valence-corrected chi connectivity index (χ0v) is 11.9. The molecule has 0 saturated heterocycles. The van der Waals surface area contributed by atoms with Gasteiger partial charge in [-0.25, -0.2) is 0 Å². The van der Waals surface area contributed by atoms with Gasteiger partial charge in [0.2, 0.25) is 0 Å². The molecule has 0 fully saturated rings. The highest BCUT2D eigenvalue weighted by atomic mass is 14.3. The molecule has 4 aromatic carbocycles. The Morgan fingerprint density at radius 3 is 2.14 bits per heavy atom. The average Bonchev–Trinajstić information content (AvgIpc) is 2.85. The molecule has 0 heteroatoms. The van der Waals surface area contributed by atoms with E-state index in [4.69, 9.17) is 0 Å². The van der Waals surface area contributed by atoms with Crippen molar-refractivity contribution in [3.8, 4) is 22.3 Å². The maximum Gasteiger partial charge on any atom is -0.00173 e. The van der Waals surface area contributed by atoms with E-state index in [0.29, 0.717) is 0 Å².